The van der Waals surface area contributed by atoms with Crippen LogP contribution >= 0.6 is 0 Å². The summed E-state index contributed by atoms with van der Waals surface area (Å²) in [5.41, 5.74) is -0.991. The van der Waals surface area contributed by atoms with Crippen molar-refractivity contribution in [2.75, 3.05) is 0 Å². The third-order valence-corrected chi connectivity index (χ3v) is 13.0. The van der Waals surface area contributed by atoms with Crippen LogP contribution in [0.25, 0.3) is 22.3 Å². The molecule has 0 aliphatic carbocycles. The fraction of sp³-hybridized carbons (Fsp3) is 0.333. The van der Waals surface area contributed by atoms with E-state index in [9.17, 15) is 54.1 Å². The number of aliphatic imine (C=N–C) groups is 2. The first kappa shape index (κ1) is 53.2. The van der Waals surface area contributed by atoms with Crippen molar-refractivity contribution >= 4 is 23.8 Å². The lowest BCUT2D eigenvalue weighted by Crippen LogP contribution is -2.27. The Kier molecular flexibility index (Phi) is 13.2. The van der Waals surface area contributed by atoms with Crippen molar-refractivity contribution in [2.24, 2.45) is 9.98 Å². The van der Waals surface area contributed by atoms with Crippen LogP contribution in [0.15, 0.2) is 58.5 Å². The highest BCUT2D eigenvalue weighted by Gasteiger charge is 2.41. The molecule has 7 rings (SSSR count). The van der Waals surface area contributed by atoms with E-state index in [1.54, 1.807) is 53.7 Å². The number of hydrogen-bond acceptors (Lipinski definition) is 5. The van der Waals surface area contributed by atoms with Gasteiger partial charge in [-0.3, -0.25) is 0 Å². The molecule has 0 unspecified atom stereocenters. The van der Waals surface area contributed by atoms with E-state index in [1.807, 2.05) is 79.7 Å². The largest absolute Gasteiger partial charge is 0.507 e. The molecule has 0 spiro atoms. The lowest BCUT2D eigenvalue weighted by atomic mass is 9.70. The summed E-state index contributed by atoms with van der Waals surface area (Å²) in [5.74, 6) is -22.2. The second-order valence-corrected chi connectivity index (χ2v) is 22.8. The number of halogens is 10. The summed E-state index contributed by atoms with van der Waals surface area (Å²) in [7, 11) is 0. The van der Waals surface area contributed by atoms with E-state index >= 15 is 0 Å². The van der Waals surface area contributed by atoms with Crippen molar-refractivity contribution in [3.8, 4) is 45.3 Å². The summed E-state index contributed by atoms with van der Waals surface area (Å²) in [6.07, 6.45) is 1.64. The first-order chi connectivity index (χ1) is 33.0. The van der Waals surface area contributed by atoms with Gasteiger partial charge in [0.15, 0.2) is 46.5 Å². The van der Waals surface area contributed by atoms with Crippen LogP contribution in [-0.4, -0.2) is 22.6 Å². The Balaban J connectivity index is 1.54. The average Bonchev–Trinajstić information content (AvgIpc) is 3.28. The molecule has 0 bridgehead atoms. The van der Waals surface area contributed by atoms with Gasteiger partial charge in [0.1, 0.15) is 34.4 Å². The van der Waals surface area contributed by atoms with Gasteiger partial charge in [0.2, 0.25) is 11.6 Å². The minimum atomic E-state index is -2.35. The van der Waals surface area contributed by atoms with Gasteiger partial charge in [-0.05, 0) is 80.3 Å². The monoisotopic (exact) mass is 1000 g/mol. The molecule has 1 heterocycles. The Morgan fingerprint density at radius 1 is 0.417 bits per heavy atom. The van der Waals surface area contributed by atoms with E-state index in [0.29, 0.717) is 44.9 Å². The molecule has 380 valence electrons. The molecule has 0 aromatic heterocycles. The first-order valence-electron chi connectivity index (χ1n) is 22.9. The molecule has 1 aliphatic rings. The standard InChI is InChI=1S/C57H54F10N2O3/c1-53(2,3)29-19-31(25-15-27(49(70)33(17-25)55(7,8)9)23-68-47-43(64)39(60)37(58)40(61)44(47)65)51-35(21-29)57(13,14)36-22-30(54(4,5)6)20-32(52(36)72-51)26-16-28(50(71)34(18-26)56(10,11)12)24-69-48-45(66)41(62)38(59)42(63)46(48)67/h15-24,70-71H,1-14H3. The van der Waals surface area contributed by atoms with Crippen LogP contribution in [-0.2, 0) is 27.1 Å². The van der Waals surface area contributed by atoms with E-state index in [0.717, 1.165) is 34.7 Å². The number of phenols is 2. The van der Waals surface area contributed by atoms with Crippen molar-refractivity contribution in [1.29, 1.82) is 0 Å². The van der Waals surface area contributed by atoms with E-state index < -0.39 is 96.6 Å². The molecular weight excluding hydrogens is 951 g/mol. The second kappa shape index (κ2) is 17.8. The number of rotatable bonds is 6. The number of fused-ring (bicyclic) bond motifs is 2. The molecule has 2 N–H and O–H groups in total. The van der Waals surface area contributed by atoms with Crippen LogP contribution in [0.5, 0.6) is 23.0 Å². The number of ether oxygens (including phenoxy) is 1. The molecule has 0 fully saturated rings. The number of nitrogens with zero attached hydrogens (tertiary/aromatic N) is 2. The molecule has 6 aromatic carbocycles. The summed E-state index contributed by atoms with van der Waals surface area (Å²) >= 11 is 0. The Labute approximate surface area is 412 Å². The van der Waals surface area contributed by atoms with Gasteiger partial charge in [0.05, 0.1) is 0 Å². The van der Waals surface area contributed by atoms with Gasteiger partial charge in [-0.1, -0.05) is 109 Å². The summed E-state index contributed by atoms with van der Waals surface area (Å²) in [5, 5.41) is 23.4. The fourth-order valence-corrected chi connectivity index (χ4v) is 8.59. The van der Waals surface area contributed by atoms with E-state index in [4.69, 9.17) is 4.74 Å². The Morgan fingerprint density at radius 2 is 0.708 bits per heavy atom. The molecule has 1 aliphatic heterocycles. The number of benzene rings is 6. The predicted molar refractivity (Wildman–Crippen MR) is 261 cm³/mol. The average molecular weight is 1010 g/mol. The predicted octanol–water partition coefficient (Wildman–Crippen LogP) is 16.9. The number of aromatic hydroxyl groups is 2. The zero-order valence-electron chi connectivity index (χ0n) is 42.3. The maximum Gasteiger partial charge on any atom is 0.200 e. The second-order valence-electron chi connectivity index (χ2n) is 22.8. The molecule has 15 heteroatoms. The molecule has 0 atom stereocenters. The van der Waals surface area contributed by atoms with Crippen LogP contribution in [0.2, 0.25) is 0 Å². The van der Waals surface area contributed by atoms with Crippen LogP contribution in [0, 0.1) is 58.2 Å². The zero-order valence-corrected chi connectivity index (χ0v) is 42.3. The normalized spacial score (nSPS) is 14.1. The van der Waals surface area contributed by atoms with Crippen LogP contribution in [0.4, 0.5) is 55.3 Å². The topological polar surface area (TPSA) is 74.4 Å². The van der Waals surface area contributed by atoms with Gasteiger partial charge < -0.3 is 14.9 Å². The van der Waals surface area contributed by atoms with Crippen molar-refractivity contribution in [3.05, 3.63) is 151 Å². The maximum atomic E-state index is 14.9. The Morgan fingerprint density at radius 3 is 0.986 bits per heavy atom. The Hall–Kier alpha value is -6.64. The van der Waals surface area contributed by atoms with Gasteiger partial charge in [-0.15, -0.1) is 0 Å². The molecular formula is C57H54F10N2O3. The highest BCUT2D eigenvalue weighted by atomic mass is 19.2. The van der Waals surface area contributed by atoms with Gasteiger partial charge in [0.25, 0.3) is 0 Å². The summed E-state index contributed by atoms with van der Waals surface area (Å²) < 4.78 is 152. The summed E-state index contributed by atoms with van der Waals surface area (Å²) in [6.45, 7) is 26.9. The minimum absolute atomic E-state index is 0.124. The lowest BCUT2D eigenvalue weighted by Gasteiger charge is -2.39. The highest BCUT2D eigenvalue weighted by Crippen LogP contribution is 2.57. The smallest absolute Gasteiger partial charge is 0.200 e. The third kappa shape index (κ3) is 9.23. The molecule has 5 nitrogen and oxygen atoms in total. The van der Waals surface area contributed by atoms with Gasteiger partial charge >= 0.3 is 0 Å². The molecule has 6 aromatic rings. The molecule has 0 saturated carbocycles. The van der Waals surface area contributed by atoms with Crippen LogP contribution in [0.1, 0.15) is 141 Å². The van der Waals surface area contributed by atoms with Crippen molar-refractivity contribution in [2.45, 2.75) is 124 Å². The third-order valence-electron chi connectivity index (χ3n) is 13.0. The van der Waals surface area contributed by atoms with Crippen LogP contribution in [0.3, 0.4) is 0 Å². The van der Waals surface area contributed by atoms with Crippen molar-refractivity contribution < 1.29 is 58.9 Å². The van der Waals surface area contributed by atoms with Crippen molar-refractivity contribution in [3.63, 3.8) is 0 Å². The molecule has 0 radical (unpaired) electrons. The van der Waals surface area contributed by atoms with E-state index in [-0.39, 0.29) is 22.6 Å². The maximum absolute atomic E-state index is 14.9. The summed E-state index contributed by atoms with van der Waals surface area (Å²) in [6, 6.07) is 14.2. The van der Waals surface area contributed by atoms with Gasteiger partial charge in [0, 0.05) is 62.4 Å². The summed E-state index contributed by atoms with van der Waals surface area (Å²) in [4.78, 5) is 7.38. The molecule has 0 amide bonds. The first-order valence-corrected chi connectivity index (χ1v) is 22.9. The molecule has 72 heavy (non-hydrogen) atoms. The Bertz CT molecular complexity index is 3040. The molecule has 0 saturated heterocycles. The minimum Gasteiger partial charge on any atom is -0.507 e. The van der Waals surface area contributed by atoms with Crippen molar-refractivity contribution in [1.82, 2.24) is 0 Å². The fourth-order valence-electron chi connectivity index (χ4n) is 8.59. The SMILES string of the molecule is CC(C)(C)c1cc(-c2cc(C=Nc3c(F)c(F)c(F)c(F)c3F)c(O)c(C(C)(C)C)c2)c2c(c1)C(C)(C)c1cc(C(C)(C)C)cc(-c3cc(C=Nc4c(F)c(F)c(F)c(F)c4F)c(O)c(C(C)(C)C)c3)c1O2. The quantitative estimate of drug-likeness (QED) is 0.0756. The zero-order chi connectivity index (χ0) is 53.9. The van der Waals surface area contributed by atoms with E-state index in [2.05, 4.69) is 9.98 Å². The number of hydrogen-bond donors (Lipinski definition) is 2. The van der Waals surface area contributed by atoms with Gasteiger partial charge in [-0.25, -0.2) is 53.9 Å². The highest BCUT2D eigenvalue weighted by molar-refractivity contribution is 5.92. The number of phenolic OH excluding ortho intramolecular Hbond substituents is 2. The van der Waals surface area contributed by atoms with Crippen LogP contribution < -0.4 is 4.74 Å². The van der Waals surface area contributed by atoms with E-state index in [1.165, 1.54) is 12.1 Å². The lowest BCUT2D eigenvalue weighted by molar-refractivity contribution is 0.381. The van der Waals surface area contributed by atoms with Gasteiger partial charge in [-0.2, -0.15) is 0 Å².